The van der Waals surface area contributed by atoms with Gasteiger partial charge in [-0.3, -0.25) is 0 Å². The van der Waals surface area contributed by atoms with Crippen LogP contribution in [0.25, 0.3) is 0 Å². The average Bonchev–Trinajstić information content (AvgIpc) is 2.48. The lowest BCUT2D eigenvalue weighted by atomic mass is 10.3. The Morgan fingerprint density at radius 3 is 2.22 bits per heavy atom. The molecule has 2 aromatic rings. The number of ether oxygens (including phenoxy) is 3. The van der Waals surface area contributed by atoms with Crippen LogP contribution in [0, 0.1) is 13.8 Å². The van der Waals surface area contributed by atoms with Gasteiger partial charge in [0.15, 0.2) is 6.10 Å². The fourth-order valence-electron chi connectivity index (χ4n) is 1.94. The fraction of sp³-hybridized carbons (Fsp3) is 0.353. The van der Waals surface area contributed by atoms with Gasteiger partial charge in [0, 0.05) is 11.4 Å². The highest BCUT2D eigenvalue weighted by molar-refractivity contribution is 5.74. The number of aryl methyl sites for hydroxylation is 2. The Labute approximate surface area is 135 Å². The zero-order chi connectivity index (χ0) is 16.8. The van der Waals surface area contributed by atoms with Gasteiger partial charge in [-0.25, -0.2) is 14.8 Å². The van der Waals surface area contributed by atoms with E-state index in [0.29, 0.717) is 24.1 Å². The minimum Gasteiger partial charge on any atom is -0.479 e. The summed E-state index contributed by atoms with van der Waals surface area (Å²) in [5.41, 5.74) is 1.69. The molecule has 6 nitrogen and oxygen atoms in total. The molecule has 0 aliphatic rings. The van der Waals surface area contributed by atoms with Crippen LogP contribution >= 0.6 is 0 Å². The van der Waals surface area contributed by atoms with E-state index in [1.54, 1.807) is 38.1 Å². The summed E-state index contributed by atoms with van der Waals surface area (Å²) in [5.74, 6) is 0.752. The normalized spacial score (nSPS) is 11.7. The lowest BCUT2D eigenvalue weighted by molar-refractivity contribution is -0.150. The minimum atomic E-state index is -0.663. The smallest absolute Gasteiger partial charge is 0.347 e. The number of nitrogens with zero attached hydrogens (tertiary/aromatic N) is 2. The monoisotopic (exact) mass is 316 g/mol. The first-order valence-electron chi connectivity index (χ1n) is 7.41. The highest BCUT2D eigenvalue weighted by Crippen LogP contribution is 2.22. The van der Waals surface area contributed by atoms with Crippen molar-refractivity contribution in [1.29, 1.82) is 0 Å². The van der Waals surface area contributed by atoms with E-state index in [1.807, 2.05) is 19.9 Å². The molecule has 1 heterocycles. The van der Waals surface area contributed by atoms with E-state index in [4.69, 9.17) is 14.2 Å². The van der Waals surface area contributed by atoms with E-state index in [0.717, 1.165) is 11.4 Å². The summed E-state index contributed by atoms with van der Waals surface area (Å²) in [7, 11) is 0. The molecule has 0 bridgehead atoms. The van der Waals surface area contributed by atoms with Gasteiger partial charge in [0.2, 0.25) is 0 Å². The summed E-state index contributed by atoms with van der Waals surface area (Å²) in [6.07, 6.45) is -0.663. The molecule has 2 rings (SSSR count). The topological polar surface area (TPSA) is 70.5 Å². The summed E-state index contributed by atoms with van der Waals surface area (Å²) in [4.78, 5) is 20.0. The third-order valence-electron chi connectivity index (χ3n) is 2.93. The molecule has 0 N–H and O–H groups in total. The third-order valence-corrected chi connectivity index (χ3v) is 2.93. The third kappa shape index (κ3) is 4.95. The quantitative estimate of drug-likeness (QED) is 0.762. The van der Waals surface area contributed by atoms with Crippen LogP contribution in [0.1, 0.15) is 25.2 Å². The number of esters is 1. The number of benzene rings is 1. The van der Waals surface area contributed by atoms with Crippen molar-refractivity contribution >= 4 is 5.97 Å². The molecule has 0 radical (unpaired) electrons. The lowest BCUT2D eigenvalue weighted by Crippen LogP contribution is -2.25. The molecule has 23 heavy (non-hydrogen) atoms. The van der Waals surface area contributed by atoms with Crippen molar-refractivity contribution in [1.82, 2.24) is 9.97 Å². The van der Waals surface area contributed by atoms with Crippen LogP contribution in [-0.2, 0) is 9.53 Å². The summed E-state index contributed by atoms with van der Waals surface area (Å²) in [6, 6.07) is 9.07. The summed E-state index contributed by atoms with van der Waals surface area (Å²) >= 11 is 0. The highest BCUT2D eigenvalue weighted by Gasteiger charge is 2.15. The molecule has 0 saturated heterocycles. The van der Waals surface area contributed by atoms with Crippen LogP contribution in [0.3, 0.4) is 0 Å². The van der Waals surface area contributed by atoms with Crippen LogP contribution in [-0.4, -0.2) is 28.6 Å². The Kier molecular flexibility index (Phi) is 5.51. The van der Waals surface area contributed by atoms with Gasteiger partial charge in [0.1, 0.15) is 11.5 Å². The number of hydrogen-bond donors (Lipinski definition) is 0. The predicted octanol–water partition coefficient (Wildman–Crippen LogP) is 3.22. The number of hydrogen-bond acceptors (Lipinski definition) is 6. The van der Waals surface area contributed by atoms with Crippen molar-refractivity contribution < 1.29 is 19.0 Å². The Bertz CT molecular complexity index is 651. The van der Waals surface area contributed by atoms with Gasteiger partial charge in [0.25, 0.3) is 0 Å². The summed E-state index contributed by atoms with van der Waals surface area (Å²) < 4.78 is 16.0. The van der Waals surface area contributed by atoms with Crippen molar-refractivity contribution in [3.8, 4) is 17.5 Å². The van der Waals surface area contributed by atoms with E-state index < -0.39 is 12.1 Å². The van der Waals surface area contributed by atoms with Crippen molar-refractivity contribution in [2.45, 2.75) is 33.8 Å². The number of rotatable bonds is 6. The second-order valence-corrected chi connectivity index (χ2v) is 5.02. The second kappa shape index (κ2) is 7.58. The van der Waals surface area contributed by atoms with E-state index in [-0.39, 0.29) is 0 Å². The average molecular weight is 316 g/mol. The lowest BCUT2D eigenvalue weighted by Gasteiger charge is -2.13. The number of carbonyl (C=O) groups excluding carboxylic acids is 1. The molecule has 1 aromatic heterocycles. The summed E-state index contributed by atoms with van der Waals surface area (Å²) in [5, 5.41) is 0. The van der Waals surface area contributed by atoms with E-state index >= 15 is 0 Å². The van der Waals surface area contributed by atoms with Crippen LogP contribution < -0.4 is 9.47 Å². The molecule has 1 atom stereocenters. The van der Waals surface area contributed by atoms with Gasteiger partial charge >= 0.3 is 12.0 Å². The first kappa shape index (κ1) is 16.7. The first-order chi connectivity index (χ1) is 11.0. The van der Waals surface area contributed by atoms with Gasteiger partial charge in [-0.15, -0.1) is 0 Å². The SMILES string of the molecule is CCOC(=O)C(C)Oc1ccc(Oc2nc(C)cc(C)n2)cc1. The van der Waals surface area contributed by atoms with Crippen LogP contribution in [0.4, 0.5) is 0 Å². The second-order valence-electron chi connectivity index (χ2n) is 5.02. The molecule has 6 heteroatoms. The zero-order valence-electron chi connectivity index (χ0n) is 13.7. The molecule has 1 aromatic carbocycles. The van der Waals surface area contributed by atoms with Gasteiger partial charge in [0.05, 0.1) is 6.61 Å². The molecule has 122 valence electrons. The zero-order valence-corrected chi connectivity index (χ0v) is 13.7. The Morgan fingerprint density at radius 2 is 1.65 bits per heavy atom. The molecule has 1 unspecified atom stereocenters. The van der Waals surface area contributed by atoms with E-state index in [9.17, 15) is 4.79 Å². The Hall–Kier alpha value is -2.63. The molecule has 0 aliphatic carbocycles. The molecule has 0 amide bonds. The van der Waals surface area contributed by atoms with Crippen molar-refractivity contribution in [2.75, 3.05) is 6.61 Å². The van der Waals surface area contributed by atoms with Gasteiger partial charge in [-0.05, 0) is 58.0 Å². The molecule has 0 saturated carbocycles. The fourth-order valence-corrected chi connectivity index (χ4v) is 1.94. The maximum absolute atomic E-state index is 11.5. The predicted molar refractivity (Wildman–Crippen MR) is 84.7 cm³/mol. The van der Waals surface area contributed by atoms with Gasteiger partial charge < -0.3 is 14.2 Å². The molecule has 0 fully saturated rings. The number of aromatic nitrogens is 2. The molecular weight excluding hydrogens is 296 g/mol. The largest absolute Gasteiger partial charge is 0.479 e. The Balaban J connectivity index is 2.00. The first-order valence-corrected chi connectivity index (χ1v) is 7.41. The highest BCUT2D eigenvalue weighted by atomic mass is 16.6. The standard InChI is InChI=1S/C17H20N2O4/c1-5-21-16(20)13(4)22-14-6-8-15(9-7-14)23-17-18-11(2)10-12(3)19-17/h6-10,13H,5H2,1-4H3. The van der Waals surface area contributed by atoms with E-state index in [2.05, 4.69) is 9.97 Å². The molecular formula is C17H20N2O4. The minimum absolute atomic E-state index is 0.302. The van der Waals surface area contributed by atoms with Crippen molar-refractivity contribution in [3.05, 3.63) is 41.7 Å². The van der Waals surface area contributed by atoms with Crippen molar-refractivity contribution in [2.24, 2.45) is 0 Å². The molecule has 0 spiro atoms. The number of carbonyl (C=O) groups is 1. The van der Waals surface area contributed by atoms with Gasteiger partial charge in [-0.1, -0.05) is 0 Å². The maximum Gasteiger partial charge on any atom is 0.347 e. The van der Waals surface area contributed by atoms with Crippen molar-refractivity contribution in [3.63, 3.8) is 0 Å². The summed E-state index contributed by atoms with van der Waals surface area (Å²) in [6.45, 7) is 7.50. The molecule has 0 aliphatic heterocycles. The van der Waals surface area contributed by atoms with Crippen LogP contribution in [0.2, 0.25) is 0 Å². The van der Waals surface area contributed by atoms with E-state index in [1.165, 1.54) is 0 Å². The Morgan fingerprint density at radius 1 is 1.09 bits per heavy atom. The van der Waals surface area contributed by atoms with Crippen LogP contribution in [0.5, 0.6) is 17.5 Å². The maximum atomic E-state index is 11.5. The van der Waals surface area contributed by atoms with Crippen LogP contribution in [0.15, 0.2) is 30.3 Å². The van der Waals surface area contributed by atoms with Gasteiger partial charge in [-0.2, -0.15) is 0 Å².